The number of likely N-dealkylation sites (tertiary alicyclic amines) is 1. The van der Waals surface area contributed by atoms with Crippen LogP contribution in [0.1, 0.15) is 63.9 Å². The number of rotatable bonds is 30. The summed E-state index contributed by atoms with van der Waals surface area (Å²) in [5.41, 5.74) is 22.5. The lowest BCUT2D eigenvalue weighted by Gasteiger charge is -2.30. The summed E-state index contributed by atoms with van der Waals surface area (Å²) in [5.74, 6) is -14.8. The molecule has 1 aliphatic rings. The molecule has 1 aromatic heterocycles. The second kappa shape index (κ2) is 28.0. The zero-order valence-electron chi connectivity index (χ0n) is 39.4. The van der Waals surface area contributed by atoms with E-state index in [1.54, 1.807) is 30.5 Å². The van der Waals surface area contributed by atoms with Crippen LogP contribution in [0.15, 0.2) is 30.5 Å². The number of para-hydroxylation sites is 1. The Morgan fingerprint density at radius 3 is 1.92 bits per heavy atom. The Balaban J connectivity index is 1.73. The van der Waals surface area contributed by atoms with Crippen molar-refractivity contribution in [3.63, 3.8) is 0 Å². The Morgan fingerprint density at radius 1 is 0.712 bits per heavy atom. The molecule has 0 unspecified atom stereocenters. The van der Waals surface area contributed by atoms with Gasteiger partial charge in [-0.1, -0.05) is 18.2 Å². The Hall–Kier alpha value is -8.25. The Bertz CT molecular complexity index is 2410. The van der Waals surface area contributed by atoms with Gasteiger partial charge in [-0.3, -0.25) is 57.5 Å². The van der Waals surface area contributed by atoms with Crippen LogP contribution in [-0.2, 0) is 68.7 Å². The summed E-state index contributed by atoms with van der Waals surface area (Å²) in [6, 6.07) is -6.18. The summed E-state index contributed by atoms with van der Waals surface area (Å²) >= 11 is 0. The highest BCUT2D eigenvalue weighted by atomic mass is 16.4. The summed E-state index contributed by atoms with van der Waals surface area (Å²) in [6.45, 7) is -1.15. The number of carboxylic acid groups (broad SMARTS) is 2. The van der Waals surface area contributed by atoms with Crippen LogP contribution in [0.4, 0.5) is 0 Å². The molecule has 1 fully saturated rings. The first-order valence-electron chi connectivity index (χ1n) is 22.6. The number of aliphatic hydroxyl groups is 2. The van der Waals surface area contributed by atoms with Crippen molar-refractivity contribution in [2.45, 2.75) is 119 Å². The number of aromatic nitrogens is 1. The quantitative estimate of drug-likeness (QED) is 0.0346. The average Bonchev–Trinajstić information content (AvgIpc) is 3.98. The van der Waals surface area contributed by atoms with Gasteiger partial charge in [-0.2, -0.15) is 0 Å². The number of carbonyl (C=O) groups excluding carboxylic acids is 11. The molecule has 1 aromatic carbocycles. The standard InChI is InChI=1S/C43H61N13O17/c1-19(58)35(43(72)73)55-39(68)25(13-20-16-48-23-6-3-2-5-21(20)23)53-41(70)29-7-4-12-56(29)42(71)27(15-34(63)64)50-33(62)17-49-37(66)26(14-32(47)61)52-40(69)28(18-57)54-38(67)24(9-11-31(46)60)51-36(65)22(44)8-10-30(45)59/h2-3,5-6,16,19,22,24-29,35,48,57-58H,4,7-15,17-18,44H2,1H3,(H2,45,59)(H2,46,60)(H2,47,61)(H,49,66)(H,50,62)(H,51,65)(H,52,69)(H,53,70)(H,54,67)(H,55,68)(H,63,64)(H,72,73)/t19-,22+,24+,25+,26+,27+,28+,29+,35+/m1/s1. The van der Waals surface area contributed by atoms with Crippen LogP contribution in [0.5, 0.6) is 0 Å². The van der Waals surface area contributed by atoms with Gasteiger partial charge in [0.25, 0.3) is 0 Å². The number of aliphatic hydroxyl groups excluding tert-OH is 2. The van der Waals surface area contributed by atoms with Gasteiger partial charge in [-0.05, 0) is 44.2 Å². The van der Waals surface area contributed by atoms with E-state index in [1.165, 1.54) is 0 Å². The number of amides is 11. The molecule has 73 heavy (non-hydrogen) atoms. The smallest absolute Gasteiger partial charge is 0.328 e. The molecule has 30 heteroatoms. The van der Waals surface area contributed by atoms with E-state index in [2.05, 4.69) is 42.2 Å². The van der Waals surface area contributed by atoms with Crippen LogP contribution >= 0.6 is 0 Å². The highest BCUT2D eigenvalue weighted by Crippen LogP contribution is 2.22. The number of carbonyl (C=O) groups is 13. The molecule has 400 valence electrons. The summed E-state index contributed by atoms with van der Waals surface area (Å²) in [4.78, 5) is 169. The van der Waals surface area contributed by atoms with E-state index in [-0.39, 0.29) is 38.6 Å². The second-order valence-electron chi connectivity index (χ2n) is 17.0. The maximum Gasteiger partial charge on any atom is 0.328 e. The molecule has 0 spiro atoms. The first kappa shape index (κ1) is 59.1. The molecule has 9 atom stereocenters. The Morgan fingerprint density at radius 2 is 1.32 bits per heavy atom. The number of fused-ring (bicyclic) bond motifs is 1. The molecule has 1 aliphatic heterocycles. The van der Waals surface area contributed by atoms with Crippen LogP contribution in [0.3, 0.4) is 0 Å². The van der Waals surface area contributed by atoms with Gasteiger partial charge in [0.2, 0.25) is 65.0 Å². The topological polar surface area (TPSA) is 510 Å². The van der Waals surface area contributed by atoms with E-state index in [0.717, 1.165) is 11.8 Å². The van der Waals surface area contributed by atoms with Gasteiger partial charge >= 0.3 is 11.9 Å². The van der Waals surface area contributed by atoms with Gasteiger partial charge in [-0.25, -0.2) is 4.79 Å². The first-order chi connectivity index (χ1) is 34.3. The predicted octanol–water partition coefficient (Wildman–Crippen LogP) is -7.61. The normalized spacial score (nSPS) is 16.4. The van der Waals surface area contributed by atoms with E-state index in [9.17, 15) is 82.8 Å². The van der Waals surface area contributed by atoms with Gasteiger partial charge < -0.3 is 90.5 Å². The molecule has 0 aliphatic carbocycles. The molecule has 3 rings (SSSR count). The lowest BCUT2D eigenvalue weighted by molar-refractivity contribution is -0.146. The number of hydrogen-bond acceptors (Lipinski definition) is 16. The number of aromatic amines is 1. The molecule has 0 bridgehead atoms. The number of nitrogens with one attached hydrogen (secondary N) is 8. The van der Waals surface area contributed by atoms with Crippen molar-refractivity contribution >= 4 is 87.8 Å². The molecule has 20 N–H and O–H groups in total. The highest BCUT2D eigenvalue weighted by molar-refractivity contribution is 5.99. The Kier molecular flexibility index (Phi) is 22.6. The van der Waals surface area contributed by atoms with Gasteiger partial charge in [0.1, 0.15) is 36.3 Å². The minimum atomic E-state index is -1.89. The lowest BCUT2D eigenvalue weighted by Crippen LogP contribution is -2.60. The maximum absolute atomic E-state index is 13.9. The third kappa shape index (κ3) is 18.5. The van der Waals surface area contributed by atoms with Gasteiger partial charge in [-0.15, -0.1) is 0 Å². The number of carboxylic acids is 2. The fraction of sp³-hybridized carbons (Fsp3) is 0.512. The molecular weight excluding hydrogens is 971 g/mol. The van der Waals surface area contributed by atoms with E-state index >= 15 is 0 Å². The molecule has 0 saturated carbocycles. The van der Waals surface area contributed by atoms with Crippen LogP contribution in [0, 0.1) is 0 Å². The van der Waals surface area contributed by atoms with Gasteiger partial charge in [0.15, 0.2) is 6.04 Å². The first-order valence-corrected chi connectivity index (χ1v) is 22.6. The molecular formula is C43H61N13O17. The van der Waals surface area contributed by atoms with Crippen molar-refractivity contribution < 1.29 is 82.8 Å². The van der Waals surface area contributed by atoms with E-state index in [1.807, 2.05) is 0 Å². The molecule has 2 aromatic rings. The SMILES string of the molecule is C[C@@H](O)[C@H](NC(=O)[C@H](Cc1c[nH]c2ccccc12)NC(=O)[C@@H]1CCCN1C(=O)[C@H](CC(=O)O)NC(=O)CNC(=O)[C@H](CC(N)=O)NC(=O)[C@H](CO)NC(=O)[C@H](CCC(N)=O)NC(=O)[C@@H](N)CCC(N)=O)C(=O)O. The highest BCUT2D eigenvalue weighted by Gasteiger charge is 2.41. The maximum atomic E-state index is 13.9. The Labute approximate surface area is 414 Å². The fourth-order valence-electron chi connectivity index (χ4n) is 7.47. The summed E-state index contributed by atoms with van der Waals surface area (Å²) in [7, 11) is 0. The molecule has 30 nitrogen and oxygen atoms in total. The number of H-pyrrole nitrogens is 1. The number of nitrogens with two attached hydrogens (primary N) is 4. The average molecular weight is 1030 g/mol. The largest absolute Gasteiger partial charge is 0.481 e. The minimum Gasteiger partial charge on any atom is -0.481 e. The minimum absolute atomic E-state index is 0.00281. The van der Waals surface area contributed by atoms with Crippen LogP contribution in [0.25, 0.3) is 10.9 Å². The summed E-state index contributed by atoms with van der Waals surface area (Å²) < 4.78 is 0. The molecule has 0 radical (unpaired) electrons. The summed E-state index contributed by atoms with van der Waals surface area (Å²) in [6.07, 6.45) is -3.30. The third-order valence-electron chi connectivity index (χ3n) is 11.3. The van der Waals surface area contributed by atoms with Crippen molar-refractivity contribution in [3.8, 4) is 0 Å². The number of primary amides is 3. The second-order valence-corrected chi connectivity index (χ2v) is 17.0. The fourth-order valence-corrected chi connectivity index (χ4v) is 7.47. The number of nitrogens with zero attached hydrogens (tertiary/aromatic N) is 1. The van der Waals surface area contributed by atoms with Crippen molar-refractivity contribution in [2.24, 2.45) is 22.9 Å². The van der Waals surface area contributed by atoms with Crippen molar-refractivity contribution in [1.82, 2.24) is 47.1 Å². The number of hydrogen-bond donors (Lipinski definition) is 16. The zero-order valence-corrected chi connectivity index (χ0v) is 39.4. The zero-order chi connectivity index (χ0) is 54.7. The monoisotopic (exact) mass is 1030 g/mol. The van der Waals surface area contributed by atoms with Gasteiger partial charge in [0, 0.05) is 42.9 Å². The van der Waals surface area contributed by atoms with E-state index in [4.69, 9.17) is 22.9 Å². The molecule has 11 amide bonds. The van der Waals surface area contributed by atoms with Gasteiger partial charge in [0.05, 0.1) is 38.1 Å². The van der Waals surface area contributed by atoms with Crippen LogP contribution < -0.4 is 60.2 Å². The van der Waals surface area contributed by atoms with Crippen LogP contribution in [0.2, 0.25) is 0 Å². The summed E-state index contributed by atoms with van der Waals surface area (Å²) in [5, 5.41) is 55.4. The third-order valence-corrected chi connectivity index (χ3v) is 11.3. The number of benzene rings is 1. The number of aliphatic carboxylic acids is 2. The lowest BCUT2D eigenvalue weighted by atomic mass is 10.0. The van der Waals surface area contributed by atoms with Crippen molar-refractivity contribution in [1.29, 1.82) is 0 Å². The predicted molar refractivity (Wildman–Crippen MR) is 249 cm³/mol. The van der Waals surface area contributed by atoms with E-state index in [0.29, 0.717) is 16.5 Å². The van der Waals surface area contributed by atoms with E-state index < -0.39 is 170 Å². The van der Waals surface area contributed by atoms with Crippen LogP contribution in [-0.4, -0.2) is 181 Å². The van der Waals surface area contributed by atoms with Crippen molar-refractivity contribution in [3.05, 3.63) is 36.0 Å². The molecule has 1 saturated heterocycles. The molecule has 2 heterocycles. The van der Waals surface area contributed by atoms with Crippen molar-refractivity contribution in [2.75, 3.05) is 19.7 Å².